The highest BCUT2D eigenvalue weighted by Crippen LogP contribution is 2.31. The number of aromatic amines is 1. The van der Waals surface area contributed by atoms with Crippen LogP contribution in [-0.2, 0) is 6.42 Å². The molecular formula is C20H19N3O2. The van der Waals surface area contributed by atoms with Gasteiger partial charge in [0.2, 0.25) is 0 Å². The van der Waals surface area contributed by atoms with Crippen LogP contribution in [0.3, 0.4) is 0 Å². The van der Waals surface area contributed by atoms with Gasteiger partial charge in [0.1, 0.15) is 11.4 Å². The van der Waals surface area contributed by atoms with Crippen molar-refractivity contribution >= 4 is 5.91 Å². The lowest BCUT2D eigenvalue weighted by atomic mass is 10.1. The molecule has 0 fully saturated rings. The first-order chi connectivity index (χ1) is 12.2. The smallest absolute Gasteiger partial charge is 0.269 e. The molecule has 1 aliphatic carbocycles. The first-order valence-corrected chi connectivity index (χ1v) is 8.33. The van der Waals surface area contributed by atoms with Crippen LogP contribution in [0.2, 0.25) is 0 Å². The molecule has 0 saturated carbocycles. The van der Waals surface area contributed by atoms with Crippen molar-refractivity contribution < 1.29 is 9.53 Å². The van der Waals surface area contributed by atoms with Gasteiger partial charge in [-0.25, -0.2) is 0 Å². The van der Waals surface area contributed by atoms with Crippen LogP contribution >= 0.6 is 0 Å². The predicted octanol–water partition coefficient (Wildman–Crippen LogP) is 3.50. The molecule has 5 nitrogen and oxygen atoms in total. The fourth-order valence-corrected chi connectivity index (χ4v) is 3.31. The molecule has 1 heterocycles. The summed E-state index contributed by atoms with van der Waals surface area (Å²) < 4.78 is 5.24. The number of carbonyl (C=O) groups excluding carboxylic acids is 1. The lowest BCUT2D eigenvalue weighted by Gasteiger charge is -2.13. The molecule has 2 N–H and O–H groups in total. The van der Waals surface area contributed by atoms with Gasteiger partial charge in [-0.05, 0) is 42.2 Å². The van der Waals surface area contributed by atoms with Crippen LogP contribution in [0, 0.1) is 0 Å². The normalized spacial score (nSPS) is 15.6. The Hall–Kier alpha value is -3.08. The molecule has 1 aliphatic rings. The minimum atomic E-state index is -0.136. The van der Waals surface area contributed by atoms with Gasteiger partial charge < -0.3 is 10.1 Å². The number of nitrogens with zero attached hydrogens (tertiary/aromatic N) is 1. The van der Waals surface area contributed by atoms with E-state index in [1.807, 2.05) is 36.4 Å². The van der Waals surface area contributed by atoms with Crippen molar-refractivity contribution in [3.05, 3.63) is 71.4 Å². The van der Waals surface area contributed by atoms with E-state index in [9.17, 15) is 4.79 Å². The molecular weight excluding hydrogens is 314 g/mol. The Morgan fingerprint density at radius 1 is 1.20 bits per heavy atom. The average molecular weight is 333 g/mol. The second kappa shape index (κ2) is 6.43. The van der Waals surface area contributed by atoms with E-state index in [4.69, 9.17) is 4.74 Å². The van der Waals surface area contributed by atoms with E-state index in [-0.39, 0.29) is 11.9 Å². The molecule has 0 spiro atoms. The highest BCUT2D eigenvalue weighted by molar-refractivity contribution is 5.93. The zero-order chi connectivity index (χ0) is 17.2. The number of benzene rings is 2. The molecule has 0 saturated heterocycles. The third-order valence-electron chi connectivity index (χ3n) is 4.63. The summed E-state index contributed by atoms with van der Waals surface area (Å²) in [5, 5.41) is 10.2. The number of hydrogen-bond acceptors (Lipinski definition) is 3. The van der Waals surface area contributed by atoms with Crippen molar-refractivity contribution in [2.24, 2.45) is 0 Å². The van der Waals surface area contributed by atoms with Gasteiger partial charge in [-0.2, -0.15) is 5.10 Å². The largest absolute Gasteiger partial charge is 0.497 e. The lowest BCUT2D eigenvalue weighted by Crippen LogP contribution is -2.27. The summed E-state index contributed by atoms with van der Waals surface area (Å²) in [6.07, 6.45) is 1.93. The molecule has 2 aromatic carbocycles. The number of aromatic nitrogens is 2. The minimum Gasteiger partial charge on any atom is -0.497 e. The molecule has 25 heavy (non-hydrogen) atoms. The molecule has 1 aromatic heterocycles. The number of fused-ring (bicyclic) bond motifs is 1. The zero-order valence-corrected chi connectivity index (χ0v) is 14.0. The second-order valence-electron chi connectivity index (χ2n) is 6.16. The lowest BCUT2D eigenvalue weighted by molar-refractivity contribution is 0.0931. The summed E-state index contributed by atoms with van der Waals surface area (Å²) in [7, 11) is 1.63. The average Bonchev–Trinajstić information content (AvgIpc) is 3.30. The van der Waals surface area contributed by atoms with Crippen molar-refractivity contribution in [1.82, 2.24) is 15.5 Å². The molecule has 0 unspecified atom stereocenters. The van der Waals surface area contributed by atoms with E-state index in [0.717, 1.165) is 29.8 Å². The quantitative estimate of drug-likeness (QED) is 0.768. The maximum atomic E-state index is 12.6. The summed E-state index contributed by atoms with van der Waals surface area (Å²) in [5.74, 6) is 0.623. The molecule has 0 bridgehead atoms. The van der Waals surface area contributed by atoms with E-state index in [1.165, 1.54) is 11.1 Å². The molecule has 0 radical (unpaired) electrons. The van der Waals surface area contributed by atoms with Crippen molar-refractivity contribution in [3.63, 3.8) is 0 Å². The predicted molar refractivity (Wildman–Crippen MR) is 95.5 cm³/mol. The fourth-order valence-electron chi connectivity index (χ4n) is 3.31. The molecule has 1 atom stereocenters. The van der Waals surface area contributed by atoms with Crippen LogP contribution in [-0.4, -0.2) is 23.2 Å². The van der Waals surface area contributed by atoms with E-state index in [2.05, 4.69) is 27.6 Å². The number of hydrogen-bond donors (Lipinski definition) is 2. The maximum Gasteiger partial charge on any atom is 0.269 e. The highest BCUT2D eigenvalue weighted by Gasteiger charge is 2.24. The van der Waals surface area contributed by atoms with Crippen molar-refractivity contribution in [3.8, 4) is 17.0 Å². The van der Waals surface area contributed by atoms with Crippen LogP contribution in [0.1, 0.15) is 34.1 Å². The van der Waals surface area contributed by atoms with Crippen molar-refractivity contribution in [2.45, 2.75) is 18.9 Å². The number of carbonyl (C=O) groups is 1. The van der Waals surface area contributed by atoms with E-state index >= 15 is 0 Å². The monoisotopic (exact) mass is 333 g/mol. The van der Waals surface area contributed by atoms with Gasteiger partial charge in [0.15, 0.2) is 0 Å². The number of methoxy groups -OCH3 is 1. The standard InChI is InChI=1S/C20H19N3O2/c1-25-15-7-4-6-14(11-15)18-12-19(23-22-18)20(24)21-17-10-9-13-5-2-3-8-16(13)17/h2-8,11-12,17H,9-10H2,1H3,(H,21,24)(H,22,23)/t17-/m1/s1. The van der Waals surface area contributed by atoms with Crippen LogP contribution in [0.15, 0.2) is 54.6 Å². The van der Waals surface area contributed by atoms with Gasteiger partial charge in [0.05, 0.1) is 18.8 Å². The van der Waals surface area contributed by atoms with Crippen LogP contribution in [0.25, 0.3) is 11.3 Å². The molecule has 5 heteroatoms. The number of rotatable bonds is 4. The number of nitrogens with one attached hydrogen (secondary N) is 2. The van der Waals surface area contributed by atoms with Gasteiger partial charge in [-0.1, -0.05) is 36.4 Å². The number of aryl methyl sites for hydroxylation is 1. The van der Waals surface area contributed by atoms with Crippen LogP contribution < -0.4 is 10.1 Å². The molecule has 3 aromatic rings. The van der Waals surface area contributed by atoms with E-state index < -0.39 is 0 Å². The SMILES string of the molecule is COc1cccc(-c2cc(C(=O)N[C@@H]3CCc4ccccc43)[nH]n2)c1. The Bertz CT molecular complexity index is 917. The Balaban J connectivity index is 1.51. The van der Waals surface area contributed by atoms with Crippen LogP contribution in [0.4, 0.5) is 0 Å². The van der Waals surface area contributed by atoms with Gasteiger partial charge >= 0.3 is 0 Å². The number of ether oxygens (including phenoxy) is 1. The van der Waals surface area contributed by atoms with Gasteiger partial charge in [-0.3, -0.25) is 9.89 Å². The van der Waals surface area contributed by atoms with Crippen molar-refractivity contribution in [1.29, 1.82) is 0 Å². The van der Waals surface area contributed by atoms with Crippen LogP contribution in [0.5, 0.6) is 5.75 Å². The van der Waals surface area contributed by atoms with E-state index in [1.54, 1.807) is 13.2 Å². The van der Waals surface area contributed by atoms with Gasteiger partial charge in [-0.15, -0.1) is 0 Å². The summed E-state index contributed by atoms with van der Waals surface area (Å²) in [5.41, 5.74) is 4.61. The zero-order valence-electron chi connectivity index (χ0n) is 14.0. The number of amides is 1. The third-order valence-corrected chi connectivity index (χ3v) is 4.63. The Morgan fingerprint density at radius 3 is 2.96 bits per heavy atom. The second-order valence-corrected chi connectivity index (χ2v) is 6.16. The summed E-state index contributed by atoms with van der Waals surface area (Å²) >= 11 is 0. The Kier molecular flexibility index (Phi) is 3.98. The first kappa shape index (κ1) is 15.4. The molecule has 126 valence electrons. The summed E-state index contributed by atoms with van der Waals surface area (Å²) in [4.78, 5) is 12.6. The van der Waals surface area contributed by atoms with Gasteiger partial charge in [0.25, 0.3) is 5.91 Å². The topological polar surface area (TPSA) is 67.0 Å². The fraction of sp³-hybridized carbons (Fsp3) is 0.200. The third kappa shape index (κ3) is 3.01. The maximum absolute atomic E-state index is 12.6. The van der Waals surface area contributed by atoms with Gasteiger partial charge in [0, 0.05) is 5.56 Å². The van der Waals surface area contributed by atoms with Crippen molar-refractivity contribution in [2.75, 3.05) is 7.11 Å². The molecule has 0 aliphatic heterocycles. The highest BCUT2D eigenvalue weighted by atomic mass is 16.5. The molecule has 4 rings (SSSR count). The minimum absolute atomic E-state index is 0.0623. The van der Waals surface area contributed by atoms with E-state index in [0.29, 0.717) is 5.69 Å². The summed E-state index contributed by atoms with van der Waals surface area (Å²) in [6, 6.07) is 17.7. The summed E-state index contributed by atoms with van der Waals surface area (Å²) in [6.45, 7) is 0. The Morgan fingerprint density at radius 2 is 2.08 bits per heavy atom. The number of H-pyrrole nitrogens is 1. The molecule has 1 amide bonds. The first-order valence-electron chi connectivity index (χ1n) is 8.33. The Labute approximate surface area is 146 Å².